The van der Waals surface area contributed by atoms with E-state index in [0.717, 1.165) is 24.3 Å². The first kappa shape index (κ1) is 16.5. The molecule has 1 heterocycles. The molecule has 5 nitrogen and oxygen atoms in total. The van der Waals surface area contributed by atoms with E-state index in [-0.39, 0.29) is 12.1 Å². The SMILES string of the molecule is CCN(CC)CNN1C(=O)c2ccccc2NC1c1ccccc1. The van der Waals surface area contributed by atoms with Crippen LogP contribution < -0.4 is 10.7 Å². The second-order valence-electron chi connectivity index (χ2n) is 5.80. The topological polar surface area (TPSA) is 47.6 Å². The largest absolute Gasteiger partial charge is 0.360 e. The first-order valence-corrected chi connectivity index (χ1v) is 8.44. The highest BCUT2D eigenvalue weighted by molar-refractivity contribution is 6.01. The fourth-order valence-corrected chi connectivity index (χ4v) is 2.91. The minimum Gasteiger partial charge on any atom is -0.360 e. The van der Waals surface area contributed by atoms with E-state index in [1.54, 1.807) is 5.01 Å². The minimum atomic E-state index is -0.232. The van der Waals surface area contributed by atoms with Crippen molar-refractivity contribution in [3.05, 3.63) is 65.7 Å². The second kappa shape index (κ2) is 7.47. The number of amides is 1. The molecule has 1 amide bonds. The molecule has 0 spiro atoms. The van der Waals surface area contributed by atoms with Crippen molar-refractivity contribution in [1.82, 2.24) is 15.3 Å². The molecule has 126 valence electrons. The minimum absolute atomic E-state index is 0.00893. The molecule has 1 aliphatic heterocycles. The van der Waals surface area contributed by atoms with E-state index in [0.29, 0.717) is 12.2 Å². The molecular formula is C19H24N4O. The zero-order chi connectivity index (χ0) is 16.9. The third kappa shape index (κ3) is 3.27. The van der Waals surface area contributed by atoms with Crippen molar-refractivity contribution < 1.29 is 4.79 Å². The Hall–Kier alpha value is -2.37. The monoisotopic (exact) mass is 324 g/mol. The van der Waals surface area contributed by atoms with Crippen molar-refractivity contribution in [2.24, 2.45) is 0 Å². The van der Waals surface area contributed by atoms with E-state index in [9.17, 15) is 4.79 Å². The lowest BCUT2D eigenvalue weighted by Gasteiger charge is -2.39. The van der Waals surface area contributed by atoms with Gasteiger partial charge in [-0.3, -0.25) is 9.69 Å². The summed E-state index contributed by atoms with van der Waals surface area (Å²) < 4.78 is 0. The van der Waals surface area contributed by atoms with Crippen LogP contribution in [-0.4, -0.2) is 35.6 Å². The van der Waals surface area contributed by atoms with Crippen molar-refractivity contribution in [3.8, 4) is 0 Å². The van der Waals surface area contributed by atoms with Crippen LogP contribution in [0.2, 0.25) is 0 Å². The Balaban J connectivity index is 1.90. The van der Waals surface area contributed by atoms with Gasteiger partial charge in [-0.2, -0.15) is 0 Å². The molecule has 0 radical (unpaired) electrons. The number of nitrogens with zero attached hydrogens (tertiary/aromatic N) is 2. The first-order valence-electron chi connectivity index (χ1n) is 8.44. The lowest BCUT2D eigenvalue weighted by atomic mass is 10.1. The molecule has 0 aromatic heterocycles. The number of carbonyl (C=O) groups excluding carboxylic acids is 1. The summed E-state index contributed by atoms with van der Waals surface area (Å²) >= 11 is 0. The Morgan fingerprint density at radius 2 is 1.71 bits per heavy atom. The number of benzene rings is 2. The highest BCUT2D eigenvalue weighted by Crippen LogP contribution is 2.31. The molecule has 3 rings (SSSR count). The summed E-state index contributed by atoms with van der Waals surface area (Å²) in [5.41, 5.74) is 5.92. The number of nitrogens with one attached hydrogen (secondary N) is 2. The molecule has 0 saturated carbocycles. The number of para-hydroxylation sites is 1. The molecule has 5 heteroatoms. The lowest BCUT2D eigenvalue weighted by molar-refractivity contribution is 0.0477. The molecule has 2 aromatic carbocycles. The van der Waals surface area contributed by atoms with Gasteiger partial charge < -0.3 is 5.32 Å². The Morgan fingerprint density at radius 1 is 1.04 bits per heavy atom. The van der Waals surface area contributed by atoms with E-state index < -0.39 is 0 Å². The first-order chi connectivity index (χ1) is 11.7. The van der Waals surface area contributed by atoms with Gasteiger partial charge in [-0.25, -0.2) is 10.4 Å². The number of rotatable bonds is 6. The van der Waals surface area contributed by atoms with E-state index in [1.807, 2.05) is 54.6 Å². The van der Waals surface area contributed by atoms with Gasteiger partial charge in [-0.15, -0.1) is 0 Å². The second-order valence-corrected chi connectivity index (χ2v) is 5.80. The number of hydrogen-bond donors (Lipinski definition) is 2. The van der Waals surface area contributed by atoms with Crippen LogP contribution in [0.25, 0.3) is 0 Å². The third-order valence-corrected chi connectivity index (χ3v) is 4.40. The normalized spacial score (nSPS) is 16.9. The Morgan fingerprint density at radius 3 is 2.42 bits per heavy atom. The standard InChI is InChI=1S/C19H24N4O/c1-3-22(4-2)14-20-23-18(15-10-6-5-7-11-15)21-17-13-9-8-12-16(17)19(23)24/h5-13,18,20-21H,3-4,14H2,1-2H3. The van der Waals surface area contributed by atoms with Crippen LogP contribution in [0.3, 0.4) is 0 Å². The molecule has 2 N–H and O–H groups in total. The molecule has 0 bridgehead atoms. The Bertz CT molecular complexity index is 685. The van der Waals surface area contributed by atoms with Crippen molar-refractivity contribution in [1.29, 1.82) is 0 Å². The number of fused-ring (bicyclic) bond motifs is 1. The fraction of sp³-hybridized carbons (Fsp3) is 0.316. The van der Waals surface area contributed by atoms with Gasteiger partial charge in [0.25, 0.3) is 5.91 Å². The lowest BCUT2D eigenvalue weighted by Crippen LogP contribution is -2.53. The Kier molecular flexibility index (Phi) is 5.13. The highest BCUT2D eigenvalue weighted by atomic mass is 16.2. The number of hydrogen-bond acceptors (Lipinski definition) is 4. The van der Waals surface area contributed by atoms with Crippen LogP contribution in [0.5, 0.6) is 0 Å². The van der Waals surface area contributed by atoms with Gasteiger partial charge in [0, 0.05) is 5.69 Å². The molecule has 1 unspecified atom stereocenters. The van der Waals surface area contributed by atoms with Gasteiger partial charge in [0.05, 0.1) is 12.2 Å². The Labute approximate surface area is 143 Å². The smallest absolute Gasteiger partial charge is 0.272 e. The molecule has 1 aliphatic rings. The van der Waals surface area contributed by atoms with E-state index in [2.05, 4.69) is 29.5 Å². The average Bonchev–Trinajstić information content (AvgIpc) is 2.64. The number of carbonyl (C=O) groups is 1. The van der Waals surface area contributed by atoms with E-state index in [4.69, 9.17) is 0 Å². The third-order valence-electron chi connectivity index (χ3n) is 4.40. The summed E-state index contributed by atoms with van der Waals surface area (Å²) in [6.45, 7) is 6.74. The summed E-state index contributed by atoms with van der Waals surface area (Å²) in [5, 5.41) is 5.18. The maximum Gasteiger partial charge on any atom is 0.272 e. The van der Waals surface area contributed by atoms with Gasteiger partial charge in [0.2, 0.25) is 0 Å². The predicted molar refractivity (Wildman–Crippen MR) is 96.3 cm³/mol. The van der Waals surface area contributed by atoms with Crippen LogP contribution in [0.4, 0.5) is 5.69 Å². The van der Waals surface area contributed by atoms with Gasteiger partial charge in [0.1, 0.15) is 6.17 Å². The van der Waals surface area contributed by atoms with Gasteiger partial charge in [-0.05, 0) is 30.8 Å². The summed E-state index contributed by atoms with van der Waals surface area (Å²) in [5.74, 6) is -0.00893. The molecule has 2 aromatic rings. The predicted octanol–water partition coefficient (Wildman–Crippen LogP) is 3.06. The zero-order valence-corrected chi connectivity index (χ0v) is 14.2. The maximum atomic E-state index is 13.0. The molecular weight excluding hydrogens is 300 g/mol. The molecule has 24 heavy (non-hydrogen) atoms. The quantitative estimate of drug-likeness (QED) is 0.802. The summed E-state index contributed by atoms with van der Waals surface area (Å²) in [4.78, 5) is 15.2. The van der Waals surface area contributed by atoms with Crippen molar-refractivity contribution in [2.45, 2.75) is 20.0 Å². The van der Waals surface area contributed by atoms with Crippen LogP contribution in [0, 0.1) is 0 Å². The summed E-state index contributed by atoms with van der Waals surface area (Å²) in [6.07, 6.45) is -0.232. The summed E-state index contributed by atoms with van der Waals surface area (Å²) in [6, 6.07) is 17.7. The van der Waals surface area contributed by atoms with E-state index in [1.165, 1.54) is 0 Å². The van der Waals surface area contributed by atoms with Crippen molar-refractivity contribution >= 4 is 11.6 Å². The number of anilines is 1. The van der Waals surface area contributed by atoms with Crippen molar-refractivity contribution in [3.63, 3.8) is 0 Å². The van der Waals surface area contributed by atoms with E-state index >= 15 is 0 Å². The van der Waals surface area contributed by atoms with Gasteiger partial charge in [-0.1, -0.05) is 56.3 Å². The fourth-order valence-electron chi connectivity index (χ4n) is 2.91. The van der Waals surface area contributed by atoms with Gasteiger partial charge in [0.15, 0.2) is 0 Å². The van der Waals surface area contributed by atoms with Crippen LogP contribution in [0.1, 0.15) is 35.9 Å². The molecule has 0 saturated heterocycles. The average molecular weight is 324 g/mol. The molecule has 1 atom stereocenters. The zero-order valence-electron chi connectivity index (χ0n) is 14.2. The van der Waals surface area contributed by atoms with Crippen molar-refractivity contribution in [2.75, 3.05) is 25.1 Å². The van der Waals surface area contributed by atoms with Crippen LogP contribution in [-0.2, 0) is 0 Å². The van der Waals surface area contributed by atoms with Crippen LogP contribution >= 0.6 is 0 Å². The maximum absolute atomic E-state index is 13.0. The molecule has 0 fully saturated rings. The van der Waals surface area contributed by atoms with Crippen LogP contribution in [0.15, 0.2) is 54.6 Å². The molecule has 0 aliphatic carbocycles. The summed E-state index contributed by atoms with van der Waals surface area (Å²) in [7, 11) is 0. The highest BCUT2D eigenvalue weighted by Gasteiger charge is 2.32. The van der Waals surface area contributed by atoms with Gasteiger partial charge >= 0.3 is 0 Å². The number of hydrazine groups is 1.